The number of hydrogen-bond acceptors (Lipinski definition) is 4. The van der Waals surface area contributed by atoms with E-state index < -0.39 is 0 Å². The van der Waals surface area contributed by atoms with Gasteiger partial charge in [-0.2, -0.15) is 11.8 Å². The van der Waals surface area contributed by atoms with Gasteiger partial charge in [-0.25, -0.2) is 4.98 Å². The van der Waals surface area contributed by atoms with E-state index in [-0.39, 0.29) is 18.6 Å². The molecule has 27 heavy (non-hydrogen) atoms. The third-order valence-electron chi connectivity index (χ3n) is 4.25. The van der Waals surface area contributed by atoms with Crippen molar-refractivity contribution in [3.05, 3.63) is 59.4 Å². The van der Waals surface area contributed by atoms with E-state index in [0.29, 0.717) is 5.75 Å². The number of aromatic nitrogens is 2. The van der Waals surface area contributed by atoms with E-state index in [1.807, 2.05) is 50.2 Å². The second-order valence-corrected chi connectivity index (χ2v) is 7.64. The number of fused-ring (bicyclic) bond motifs is 1. The second kappa shape index (κ2) is 8.95. The van der Waals surface area contributed by atoms with Crippen LogP contribution in [0.5, 0.6) is 5.75 Å². The number of aryl methyl sites for hydroxylation is 2. The molecule has 0 unspecified atom stereocenters. The van der Waals surface area contributed by atoms with E-state index in [1.165, 1.54) is 0 Å². The number of aromatic amines is 1. The highest BCUT2D eigenvalue weighted by Crippen LogP contribution is 2.20. The Hall–Kier alpha value is -2.47. The lowest BCUT2D eigenvalue weighted by molar-refractivity contribution is -0.123. The molecule has 3 aromatic rings. The number of ether oxygens (including phenoxy) is 1. The van der Waals surface area contributed by atoms with Gasteiger partial charge in [-0.1, -0.05) is 18.2 Å². The first kappa shape index (κ1) is 19.3. The van der Waals surface area contributed by atoms with Gasteiger partial charge < -0.3 is 15.0 Å². The minimum atomic E-state index is -0.166. The predicted molar refractivity (Wildman–Crippen MR) is 111 cm³/mol. The highest BCUT2D eigenvalue weighted by Gasteiger charge is 2.18. The molecule has 1 amide bonds. The molecule has 1 heterocycles. The summed E-state index contributed by atoms with van der Waals surface area (Å²) in [6.07, 6.45) is 2.86. The standard InChI is InChI=1S/C21H25N3O2S/c1-14-10-15(2)12-16(11-14)26-13-20(25)22-19(8-9-27-3)21-23-17-6-4-5-7-18(17)24-21/h4-7,10-12,19H,8-9,13H2,1-3H3,(H,22,25)(H,23,24)/t19-/m0/s1. The number of rotatable bonds is 8. The summed E-state index contributed by atoms with van der Waals surface area (Å²) in [6, 6.07) is 13.7. The van der Waals surface area contributed by atoms with Crippen LogP contribution in [0.1, 0.15) is 29.4 Å². The van der Waals surface area contributed by atoms with E-state index >= 15 is 0 Å². The molecule has 2 N–H and O–H groups in total. The quantitative estimate of drug-likeness (QED) is 0.613. The molecule has 5 nitrogen and oxygen atoms in total. The summed E-state index contributed by atoms with van der Waals surface area (Å²) in [7, 11) is 0. The highest BCUT2D eigenvalue weighted by molar-refractivity contribution is 7.98. The molecule has 2 aromatic carbocycles. The average Bonchev–Trinajstić information content (AvgIpc) is 3.06. The Balaban J connectivity index is 1.67. The van der Waals surface area contributed by atoms with E-state index in [1.54, 1.807) is 11.8 Å². The van der Waals surface area contributed by atoms with Crippen molar-refractivity contribution in [1.29, 1.82) is 0 Å². The number of nitrogens with one attached hydrogen (secondary N) is 2. The lowest BCUT2D eigenvalue weighted by Crippen LogP contribution is -2.33. The molecular weight excluding hydrogens is 358 g/mol. The van der Waals surface area contributed by atoms with Crippen molar-refractivity contribution in [2.75, 3.05) is 18.6 Å². The fraction of sp³-hybridized carbons (Fsp3) is 0.333. The Morgan fingerprint density at radius 2 is 1.96 bits per heavy atom. The molecular formula is C21H25N3O2S. The third-order valence-corrected chi connectivity index (χ3v) is 4.89. The summed E-state index contributed by atoms with van der Waals surface area (Å²) in [4.78, 5) is 20.4. The molecule has 0 fully saturated rings. The van der Waals surface area contributed by atoms with Crippen LogP contribution in [0.2, 0.25) is 0 Å². The summed E-state index contributed by atoms with van der Waals surface area (Å²) in [6.45, 7) is 4.01. The molecule has 0 bridgehead atoms. The van der Waals surface area contributed by atoms with Crippen LogP contribution in [0, 0.1) is 13.8 Å². The number of carbonyl (C=O) groups excluding carboxylic acids is 1. The molecule has 1 atom stereocenters. The second-order valence-electron chi connectivity index (χ2n) is 6.65. The van der Waals surface area contributed by atoms with Gasteiger partial charge in [0.05, 0.1) is 17.1 Å². The van der Waals surface area contributed by atoms with Crippen LogP contribution in [0.15, 0.2) is 42.5 Å². The lowest BCUT2D eigenvalue weighted by Gasteiger charge is -2.17. The largest absolute Gasteiger partial charge is 0.484 e. The van der Waals surface area contributed by atoms with Gasteiger partial charge in [0.15, 0.2) is 6.61 Å². The molecule has 0 aliphatic heterocycles. The average molecular weight is 384 g/mol. The van der Waals surface area contributed by atoms with Crippen molar-refractivity contribution in [2.45, 2.75) is 26.3 Å². The third kappa shape index (κ3) is 5.26. The van der Waals surface area contributed by atoms with Gasteiger partial charge in [-0.3, -0.25) is 4.79 Å². The number of imidazole rings is 1. The first-order valence-corrected chi connectivity index (χ1v) is 10.4. The van der Waals surface area contributed by atoms with Gasteiger partial charge in [-0.15, -0.1) is 0 Å². The van der Waals surface area contributed by atoms with E-state index in [2.05, 4.69) is 27.6 Å². The van der Waals surface area contributed by atoms with Crippen molar-refractivity contribution >= 4 is 28.7 Å². The normalized spacial score (nSPS) is 12.1. The number of hydrogen-bond donors (Lipinski definition) is 2. The van der Waals surface area contributed by atoms with E-state index in [4.69, 9.17) is 4.74 Å². The van der Waals surface area contributed by atoms with Crippen LogP contribution in [0.4, 0.5) is 0 Å². The van der Waals surface area contributed by atoms with Gasteiger partial charge in [0.2, 0.25) is 0 Å². The molecule has 0 saturated heterocycles. The zero-order chi connectivity index (χ0) is 19.2. The maximum Gasteiger partial charge on any atom is 0.258 e. The summed E-state index contributed by atoms with van der Waals surface area (Å²) in [5.74, 6) is 2.28. The van der Waals surface area contributed by atoms with Crippen LogP contribution >= 0.6 is 11.8 Å². The molecule has 1 aromatic heterocycles. The Morgan fingerprint density at radius 3 is 2.67 bits per heavy atom. The summed E-state index contributed by atoms with van der Waals surface area (Å²) < 4.78 is 5.68. The first-order valence-electron chi connectivity index (χ1n) is 8.99. The van der Waals surface area contributed by atoms with Gasteiger partial charge in [0, 0.05) is 0 Å². The fourth-order valence-electron chi connectivity index (χ4n) is 3.05. The van der Waals surface area contributed by atoms with Crippen molar-refractivity contribution in [2.24, 2.45) is 0 Å². The molecule has 3 rings (SSSR count). The van der Waals surface area contributed by atoms with Crippen LogP contribution in [0.3, 0.4) is 0 Å². The lowest BCUT2D eigenvalue weighted by atomic mass is 10.1. The van der Waals surface area contributed by atoms with Crippen LogP contribution in [0.25, 0.3) is 11.0 Å². The van der Waals surface area contributed by atoms with Gasteiger partial charge in [0.25, 0.3) is 5.91 Å². The van der Waals surface area contributed by atoms with Crippen molar-refractivity contribution < 1.29 is 9.53 Å². The number of amides is 1. The Bertz CT molecular complexity index is 869. The molecule has 0 aliphatic carbocycles. The molecule has 0 aliphatic rings. The van der Waals surface area contributed by atoms with Gasteiger partial charge in [-0.05, 0) is 67.7 Å². The van der Waals surface area contributed by atoms with Crippen molar-refractivity contribution in [1.82, 2.24) is 15.3 Å². The first-order chi connectivity index (χ1) is 13.0. The van der Waals surface area contributed by atoms with Crippen molar-refractivity contribution in [3.63, 3.8) is 0 Å². The molecule has 0 saturated carbocycles. The zero-order valence-corrected chi connectivity index (χ0v) is 16.7. The summed E-state index contributed by atoms with van der Waals surface area (Å²) >= 11 is 1.75. The molecule has 142 valence electrons. The number of thioether (sulfide) groups is 1. The predicted octanol–water partition coefficient (Wildman–Crippen LogP) is 4.17. The fourth-order valence-corrected chi connectivity index (χ4v) is 3.52. The number of para-hydroxylation sites is 2. The van der Waals surface area contributed by atoms with Crippen LogP contribution in [-0.2, 0) is 4.79 Å². The Kier molecular flexibility index (Phi) is 6.40. The minimum Gasteiger partial charge on any atom is -0.484 e. The zero-order valence-electron chi connectivity index (χ0n) is 15.9. The van der Waals surface area contributed by atoms with Gasteiger partial charge >= 0.3 is 0 Å². The molecule has 6 heteroatoms. The van der Waals surface area contributed by atoms with Crippen LogP contribution in [-0.4, -0.2) is 34.5 Å². The minimum absolute atomic E-state index is 0.0150. The highest BCUT2D eigenvalue weighted by atomic mass is 32.2. The topological polar surface area (TPSA) is 67.0 Å². The number of carbonyl (C=O) groups is 1. The van der Waals surface area contributed by atoms with Crippen molar-refractivity contribution in [3.8, 4) is 5.75 Å². The Labute approximate surface area is 163 Å². The smallest absolute Gasteiger partial charge is 0.258 e. The number of H-pyrrole nitrogens is 1. The number of benzene rings is 2. The maximum absolute atomic E-state index is 12.5. The maximum atomic E-state index is 12.5. The van der Waals surface area contributed by atoms with Gasteiger partial charge in [0.1, 0.15) is 11.6 Å². The SMILES string of the molecule is CSCC[C@H](NC(=O)COc1cc(C)cc(C)c1)c1nc2ccccc2[nH]1. The number of nitrogens with zero attached hydrogens (tertiary/aromatic N) is 1. The molecule has 0 spiro atoms. The van der Waals surface area contributed by atoms with Crippen LogP contribution < -0.4 is 10.1 Å². The monoisotopic (exact) mass is 383 g/mol. The molecule has 0 radical (unpaired) electrons. The summed E-state index contributed by atoms with van der Waals surface area (Å²) in [5.41, 5.74) is 4.11. The Morgan fingerprint density at radius 1 is 1.22 bits per heavy atom. The van der Waals surface area contributed by atoms with E-state index in [9.17, 15) is 4.79 Å². The van der Waals surface area contributed by atoms with E-state index in [0.717, 1.165) is 40.2 Å². The summed E-state index contributed by atoms with van der Waals surface area (Å²) in [5, 5.41) is 3.06.